The Morgan fingerprint density at radius 3 is 2.68 bits per heavy atom. The first kappa shape index (κ1) is 13.9. The smallest absolute Gasteiger partial charge is 0.226 e. The highest BCUT2D eigenvalue weighted by Crippen LogP contribution is 2.12. The summed E-state index contributed by atoms with van der Waals surface area (Å²) in [6.45, 7) is 2.11. The third-order valence-corrected chi connectivity index (χ3v) is 3.52. The van der Waals surface area contributed by atoms with E-state index < -0.39 is 0 Å². The average Bonchev–Trinajstić information content (AvgIpc) is 2.91. The second-order valence-corrected chi connectivity index (χ2v) is 5.34. The first-order valence-electron chi connectivity index (χ1n) is 6.91. The summed E-state index contributed by atoms with van der Waals surface area (Å²) in [4.78, 5) is 13.2. The van der Waals surface area contributed by atoms with Gasteiger partial charge >= 0.3 is 0 Å². The molecule has 1 saturated heterocycles. The molecule has 0 saturated carbocycles. The Labute approximate surface area is 115 Å². The molecule has 4 heteroatoms. The van der Waals surface area contributed by atoms with E-state index in [2.05, 4.69) is 10.6 Å². The lowest BCUT2D eigenvalue weighted by molar-refractivity contribution is -0.127. The highest BCUT2D eigenvalue weighted by molar-refractivity contribution is 5.78. The second-order valence-electron chi connectivity index (χ2n) is 5.34. The Bertz CT molecular complexity index is 408. The molecule has 19 heavy (non-hydrogen) atoms. The molecule has 1 atom stereocenters. The molecule has 0 aromatic heterocycles. The van der Waals surface area contributed by atoms with Gasteiger partial charge in [-0.3, -0.25) is 4.79 Å². The zero-order chi connectivity index (χ0) is 13.7. The van der Waals surface area contributed by atoms with E-state index in [9.17, 15) is 4.79 Å². The van der Waals surface area contributed by atoms with E-state index in [1.807, 2.05) is 24.3 Å². The van der Waals surface area contributed by atoms with Gasteiger partial charge in [-0.25, -0.2) is 0 Å². The fourth-order valence-electron chi connectivity index (χ4n) is 2.25. The minimum atomic E-state index is 0.135. The number of nitrogens with zero attached hydrogens (tertiary/aromatic N) is 1. The number of nitrogens with one attached hydrogen (secondary N) is 2. The molecule has 1 unspecified atom stereocenters. The summed E-state index contributed by atoms with van der Waals surface area (Å²) in [6, 6.07) is 8.73. The molecule has 2 N–H and O–H groups in total. The topological polar surface area (TPSA) is 44.4 Å². The van der Waals surface area contributed by atoms with E-state index in [0.717, 1.165) is 24.3 Å². The van der Waals surface area contributed by atoms with Gasteiger partial charge in [0.2, 0.25) is 5.91 Å². The van der Waals surface area contributed by atoms with Crippen LogP contribution in [-0.2, 0) is 11.2 Å². The summed E-state index contributed by atoms with van der Waals surface area (Å²) < 4.78 is 0. The molecule has 0 spiro atoms. The van der Waals surface area contributed by atoms with Crippen molar-refractivity contribution in [1.29, 1.82) is 0 Å². The minimum Gasteiger partial charge on any atom is -0.383 e. The van der Waals surface area contributed by atoms with Crippen molar-refractivity contribution in [3.05, 3.63) is 29.8 Å². The standard InChI is InChI=1S/C15H23N3O/c1-18(2)15(19)10-12-5-7-13(8-6-12)17-11-14-4-3-9-16-14/h5-8,14,16-17H,3-4,9-11H2,1-2H3. The lowest BCUT2D eigenvalue weighted by Crippen LogP contribution is -2.29. The van der Waals surface area contributed by atoms with Crippen LogP contribution in [0.3, 0.4) is 0 Å². The Morgan fingerprint density at radius 2 is 2.11 bits per heavy atom. The molecule has 104 valence electrons. The molecule has 1 aromatic carbocycles. The van der Waals surface area contributed by atoms with E-state index in [-0.39, 0.29) is 5.91 Å². The second kappa shape index (κ2) is 6.57. The quantitative estimate of drug-likeness (QED) is 0.844. The minimum absolute atomic E-state index is 0.135. The predicted molar refractivity (Wildman–Crippen MR) is 78.4 cm³/mol. The van der Waals surface area contributed by atoms with Crippen molar-refractivity contribution >= 4 is 11.6 Å². The van der Waals surface area contributed by atoms with Crippen LogP contribution in [-0.4, -0.2) is 44.0 Å². The van der Waals surface area contributed by atoms with Crippen LogP contribution < -0.4 is 10.6 Å². The summed E-state index contributed by atoms with van der Waals surface area (Å²) >= 11 is 0. The van der Waals surface area contributed by atoms with Gasteiger partial charge < -0.3 is 15.5 Å². The molecule has 4 nitrogen and oxygen atoms in total. The first-order chi connectivity index (χ1) is 9.15. The maximum atomic E-state index is 11.6. The molecule has 1 aromatic rings. The van der Waals surface area contributed by atoms with Gasteiger partial charge in [0.05, 0.1) is 6.42 Å². The summed E-state index contributed by atoms with van der Waals surface area (Å²) in [5.41, 5.74) is 2.18. The largest absolute Gasteiger partial charge is 0.383 e. The number of hydrogen-bond donors (Lipinski definition) is 2. The number of benzene rings is 1. The zero-order valence-electron chi connectivity index (χ0n) is 11.8. The third kappa shape index (κ3) is 4.24. The molecule has 1 amide bonds. The number of carbonyl (C=O) groups excluding carboxylic acids is 1. The number of likely N-dealkylation sites (N-methyl/N-ethyl adjacent to an activating group) is 1. The van der Waals surface area contributed by atoms with Gasteiger partial charge in [-0.2, -0.15) is 0 Å². The van der Waals surface area contributed by atoms with Gasteiger partial charge in [-0.15, -0.1) is 0 Å². The van der Waals surface area contributed by atoms with Gasteiger partial charge in [0.25, 0.3) is 0 Å². The Kier molecular flexibility index (Phi) is 4.80. The lowest BCUT2D eigenvalue weighted by Gasteiger charge is -2.13. The predicted octanol–water partition coefficient (Wildman–Crippen LogP) is 1.48. The highest BCUT2D eigenvalue weighted by atomic mass is 16.2. The molecule has 1 heterocycles. The molecule has 0 bridgehead atoms. The summed E-state index contributed by atoms with van der Waals surface area (Å²) in [7, 11) is 3.57. The molecule has 1 aliphatic rings. The van der Waals surface area contributed by atoms with Crippen molar-refractivity contribution in [2.24, 2.45) is 0 Å². The van der Waals surface area contributed by atoms with Crippen molar-refractivity contribution in [3.63, 3.8) is 0 Å². The van der Waals surface area contributed by atoms with Gasteiger partial charge in [0.1, 0.15) is 0 Å². The number of amides is 1. The normalized spacial score (nSPS) is 18.3. The maximum Gasteiger partial charge on any atom is 0.226 e. The average molecular weight is 261 g/mol. The van der Waals surface area contributed by atoms with Crippen molar-refractivity contribution in [3.8, 4) is 0 Å². The first-order valence-corrected chi connectivity index (χ1v) is 6.91. The van der Waals surface area contributed by atoms with Crippen molar-refractivity contribution in [1.82, 2.24) is 10.2 Å². The third-order valence-electron chi connectivity index (χ3n) is 3.52. The Balaban J connectivity index is 1.82. The number of rotatable bonds is 5. The van der Waals surface area contributed by atoms with E-state index >= 15 is 0 Å². The van der Waals surface area contributed by atoms with Crippen LogP contribution in [0.5, 0.6) is 0 Å². The molecule has 1 fully saturated rings. The number of anilines is 1. The van der Waals surface area contributed by atoms with Crippen LogP contribution in [0.4, 0.5) is 5.69 Å². The van der Waals surface area contributed by atoms with Crippen LogP contribution >= 0.6 is 0 Å². The lowest BCUT2D eigenvalue weighted by atomic mass is 10.1. The van der Waals surface area contributed by atoms with E-state index in [1.54, 1.807) is 19.0 Å². The van der Waals surface area contributed by atoms with Crippen molar-refractivity contribution in [2.75, 3.05) is 32.5 Å². The number of carbonyl (C=O) groups is 1. The van der Waals surface area contributed by atoms with Gasteiger partial charge in [-0.05, 0) is 37.1 Å². The molecular weight excluding hydrogens is 238 g/mol. The van der Waals surface area contributed by atoms with Crippen molar-refractivity contribution in [2.45, 2.75) is 25.3 Å². The fraction of sp³-hybridized carbons (Fsp3) is 0.533. The van der Waals surface area contributed by atoms with Crippen LogP contribution in [0.2, 0.25) is 0 Å². The number of hydrogen-bond acceptors (Lipinski definition) is 3. The molecule has 0 radical (unpaired) electrons. The summed E-state index contributed by atoms with van der Waals surface area (Å²) in [5.74, 6) is 0.135. The van der Waals surface area contributed by atoms with Crippen molar-refractivity contribution < 1.29 is 4.79 Å². The fourth-order valence-corrected chi connectivity index (χ4v) is 2.25. The molecule has 2 rings (SSSR count). The van der Waals surface area contributed by atoms with Crippen LogP contribution in [0.25, 0.3) is 0 Å². The highest BCUT2D eigenvalue weighted by Gasteiger charge is 2.13. The zero-order valence-corrected chi connectivity index (χ0v) is 11.8. The summed E-state index contributed by atoms with van der Waals surface area (Å²) in [5, 5.41) is 6.90. The monoisotopic (exact) mass is 261 g/mol. The Morgan fingerprint density at radius 1 is 1.37 bits per heavy atom. The van der Waals surface area contributed by atoms with Gasteiger partial charge in [0.15, 0.2) is 0 Å². The Hall–Kier alpha value is -1.55. The maximum absolute atomic E-state index is 11.6. The molecule has 1 aliphatic heterocycles. The van der Waals surface area contributed by atoms with Gasteiger partial charge in [0, 0.05) is 32.4 Å². The molecule has 0 aliphatic carbocycles. The van der Waals surface area contributed by atoms with E-state index in [4.69, 9.17) is 0 Å². The van der Waals surface area contributed by atoms with Gasteiger partial charge in [-0.1, -0.05) is 12.1 Å². The van der Waals surface area contributed by atoms with Crippen LogP contribution in [0.15, 0.2) is 24.3 Å². The van der Waals surface area contributed by atoms with Crippen LogP contribution in [0.1, 0.15) is 18.4 Å². The van der Waals surface area contributed by atoms with Crippen LogP contribution in [0, 0.1) is 0 Å². The SMILES string of the molecule is CN(C)C(=O)Cc1ccc(NCC2CCCN2)cc1. The van der Waals surface area contributed by atoms with E-state index in [0.29, 0.717) is 12.5 Å². The summed E-state index contributed by atoms with van der Waals surface area (Å²) in [6.07, 6.45) is 3.00. The van der Waals surface area contributed by atoms with E-state index in [1.165, 1.54) is 12.8 Å². The molecular formula is C15H23N3O.